The van der Waals surface area contributed by atoms with E-state index in [1.165, 1.54) is 0 Å². The molecule has 0 heterocycles. The van der Waals surface area contributed by atoms with Gasteiger partial charge in [-0.2, -0.15) is 0 Å². The molecule has 0 saturated heterocycles. The van der Waals surface area contributed by atoms with Crippen LogP contribution in [0, 0.1) is 0 Å². The van der Waals surface area contributed by atoms with Gasteiger partial charge in [-0.1, -0.05) is 0 Å². The maximum absolute atomic E-state index is 10.7. The monoisotopic (exact) mass is 244 g/mol. The van der Waals surface area contributed by atoms with Crippen LogP contribution in [0.25, 0.3) is 0 Å². The van der Waals surface area contributed by atoms with E-state index in [-0.39, 0.29) is 5.75 Å². The van der Waals surface area contributed by atoms with Gasteiger partial charge in [-0.05, 0) is 24.6 Å². The number of nitrogens with two attached hydrogens (primary N) is 3. The molecular weight excluding hydrogens is 228 g/mol. The number of sulfonamides is 1. The number of benzene rings is 1. The predicted octanol–water partition coefficient (Wildman–Crippen LogP) is -0.0585. The minimum absolute atomic E-state index is 0.0372. The first-order chi connectivity index (χ1) is 7.38. The second-order valence-corrected chi connectivity index (χ2v) is 5.22. The fraction of sp³-hybridized carbons (Fsp3) is 0.333. The highest BCUT2D eigenvalue weighted by atomic mass is 32.2. The normalized spacial score (nSPS) is 11.3. The van der Waals surface area contributed by atoms with Crippen molar-refractivity contribution in [2.75, 3.05) is 29.1 Å². The molecule has 7 heteroatoms. The lowest BCUT2D eigenvalue weighted by atomic mass is 10.2. The van der Waals surface area contributed by atoms with Crippen LogP contribution in [0.5, 0.6) is 0 Å². The van der Waals surface area contributed by atoms with E-state index in [4.69, 9.17) is 16.6 Å². The molecule has 0 radical (unpaired) electrons. The van der Waals surface area contributed by atoms with Gasteiger partial charge in [-0.25, -0.2) is 13.6 Å². The van der Waals surface area contributed by atoms with E-state index in [1.54, 1.807) is 18.2 Å². The number of hydrogen-bond acceptors (Lipinski definition) is 5. The van der Waals surface area contributed by atoms with Crippen molar-refractivity contribution in [3.8, 4) is 0 Å². The van der Waals surface area contributed by atoms with Crippen molar-refractivity contribution in [3.63, 3.8) is 0 Å². The molecule has 6 nitrogen and oxygen atoms in total. The molecule has 0 amide bonds. The van der Waals surface area contributed by atoms with Crippen molar-refractivity contribution >= 4 is 27.1 Å². The fourth-order valence-corrected chi connectivity index (χ4v) is 1.74. The molecule has 0 bridgehead atoms. The van der Waals surface area contributed by atoms with Gasteiger partial charge in [0, 0.05) is 12.2 Å². The van der Waals surface area contributed by atoms with Gasteiger partial charge in [0.05, 0.1) is 17.1 Å². The van der Waals surface area contributed by atoms with E-state index in [0.29, 0.717) is 24.3 Å². The first-order valence-corrected chi connectivity index (χ1v) is 6.49. The quantitative estimate of drug-likeness (QED) is 0.426. The van der Waals surface area contributed by atoms with Crippen LogP contribution >= 0.6 is 0 Å². The van der Waals surface area contributed by atoms with Crippen LogP contribution in [-0.4, -0.2) is 20.7 Å². The molecule has 1 rings (SSSR count). The molecule has 0 aliphatic rings. The zero-order chi connectivity index (χ0) is 12.2. The highest BCUT2D eigenvalue weighted by Gasteiger charge is 2.02. The van der Waals surface area contributed by atoms with Crippen molar-refractivity contribution in [1.82, 2.24) is 0 Å². The Bertz CT molecular complexity index is 459. The molecule has 0 atom stereocenters. The summed E-state index contributed by atoms with van der Waals surface area (Å²) in [6.45, 7) is 0.514. The summed E-state index contributed by atoms with van der Waals surface area (Å²) in [4.78, 5) is 0. The molecule has 7 N–H and O–H groups in total. The van der Waals surface area contributed by atoms with Gasteiger partial charge in [-0.3, -0.25) is 0 Å². The lowest BCUT2D eigenvalue weighted by Crippen LogP contribution is -2.18. The predicted molar refractivity (Wildman–Crippen MR) is 66.3 cm³/mol. The number of rotatable bonds is 5. The van der Waals surface area contributed by atoms with Crippen LogP contribution in [0.3, 0.4) is 0 Å². The number of primary sulfonamides is 1. The lowest BCUT2D eigenvalue weighted by molar-refractivity contribution is 0.596. The SMILES string of the molecule is Nc1ccc(NCCCS(N)(=O)=O)cc1N. The van der Waals surface area contributed by atoms with Crippen LogP contribution in [0.2, 0.25) is 0 Å². The van der Waals surface area contributed by atoms with E-state index >= 15 is 0 Å². The zero-order valence-corrected chi connectivity index (χ0v) is 9.63. The molecule has 1 aromatic carbocycles. The minimum atomic E-state index is -3.38. The van der Waals surface area contributed by atoms with E-state index in [9.17, 15) is 8.42 Å². The lowest BCUT2D eigenvalue weighted by Gasteiger charge is -2.07. The molecule has 1 aromatic rings. The maximum Gasteiger partial charge on any atom is 0.209 e. The molecule has 16 heavy (non-hydrogen) atoms. The van der Waals surface area contributed by atoms with Gasteiger partial charge in [-0.15, -0.1) is 0 Å². The van der Waals surface area contributed by atoms with Gasteiger partial charge < -0.3 is 16.8 Å². The van der Waals surface area contributed by atoms with E-state index in [1.807, 2.05) is 0 Å². The standard InChI is InChI=1S/C9H16N4O2S/c10-8-3-2-7(6-9(8)11)13-4-1-5-16(12,14)15/h2-3,6,13H,1,4-5,10-11H2,(H2,12,14,15). The van der Waals surface area contributed by atoms with Gasteiger partial charge in [0.1, 0.15) is 0 Å². The number of hydrogen-bond donors (Lipinski definition) is 4. The molecule has 0 aliphatic carbocycles. The van der Waals surface area contributed by atoms with E-state index < -0.39 is 10.0 Å². The third-order valence-corrected chi connectivity index (χ3v) is 2.88. The Balaban J connectivity index is 2.41. The van der Waals surface area contributed by atoms with E-state index in [2.05, 4.69) is 5.32 Å². The topological polar surface area (TPSA) is 124 Å². The molecule has 0 saturated carbocycles. The summed E-state index contributed by atoms with van der Waals surface area (Å²) in [7, 11) is -3.38. The van der Waals surface area contributed by atoms with Crippen molar-refractivity contribution in [1.29, 1.82) is 0 Å². The van der Waals surface area contributed by atoms with Gasteiger partial charge in [0.15, 0.2) is 0 Å². The second kappa shape index (κ2) is 5.04. The van der Waals surface area contributed by atoms with Crippen LogP contribution in [-0.2, 0) is 10.0 Å². The Labute approximate surface area is 94.9 Å². The minimum Gasteiger partial charge on any atom is -0.397 e. The molecule has 0 aromatic heterocycles. The zero-order valence-electron chi connectivity index (χ0n) is 8.81. The number of nitrogens with one attached hydrogen (secondary N) is 1. The summed E-state index contributed by atoms with van der Waals surface area (Å²) in [6, 6.07) is 5.17. The number of anilines is 3. The fourth-order valence-electron chi connectivity index (χ4n) is 1.19. The highest BCUT2D eigenvalue weighted by molar-refractivity contribution is 7.89. The summed E-state index contributed by atoms with van der Waals surface area (Å²) in [5.74, 6) is -0.0372. The number of nitrogen functional groups attached to an aromatic ring is 2. The Kier molecular flexibility index (Phi) is 3.97. The summed E-state index contributed by atoms with van der Waals surface area (Å²) in [5, 5.41) is 7.90. The first-order valence-electron chi connectivity index (χ1n) is 4.78. The first kappa shape index (κ1) is 12.6. The van der Waals surface area contributed by atoms with Gasteiger partial charge >= 0.3 is 0 Å². The van der Waals surface area contributed by atoms with E-state index in [0.717, 1.165) is 5.69 Å². The molecule has 0 unspecified atom stereocenters. The molecule has 0 fully saturated rings. The van der Waals surface area contributed by atoms with Crippen molar-refractivity contribution in [2.45, 2.75) is 6.42 Å². The van der Waals surface area contributed by atoms with Gasteiger partial charge in [0.2, 0.25) is 10.0 Å². The third-order valence-electron chi connectivity index (χ3n) is 2.02. The Morgan fingerprint density at radius 1 is 1.19 bits per heavy atom. The van der Waals surface area contributed by atoms with Gasteiger partial charge in [0.25, 0.3) is 0 Å². The Hall–Kier alpha value is -1.47. The Morgan fingerprint density at radius 2 is 1.88 bits per heavy atom. The average Bonchev–Trinajstić information content (AvgIpc) is 2.17. The van der Waals surface area contributed by atoms with Crippen LogP contribution < -0.4 is 21.9 Å². The molecule has 90 valence electrons. The highest BCUT2D eigenvalue weighted by Crippen LogP contribution is 2.19. The molecule has 0 aliphatic heterocycles. The van der Waals surface area contributed by atoms with Crippen molar-refractivity contribution in [3.05, 3.63) is 18.2 Å². The molecular formula is C9H16N4O2S. The van der Waals surface area contributed by atoms with Crippen molar-refractivity contribution < 1.29 is 8.42 Å². The Morgan fingerprint density at radius 3 is 2.44 bits per heavy atom. The van der Waals surface area contributed by atoms with Crippen molar-refractivity contribution in [2.24, 2.45) is 5.14 Å². The maximum atomic E-state index is 10.7. The van der Waals surface area contributed by atoms with Crippen LogP contribution in [0.1, 0.15) is 6.42 Å². The second-order valence-electron chi connectivity index (χ2n) is 3.49. The average molecular weight is 244 g/mol. The van der Waals surface area contributed by atoms with Crippen LogP contribution in [0.15, 0.2) is 18.2 Å². The third kappa shape index (κ3) is 4.37. The molecule has 0 spiro atoms. The van der Waals surface area contributed by atoms with Crippen LogP contribution in [0.4, 0.5) is 17.1 Å². The summed E-state index contributed by atoms with van der Waals surface area (Å²) in [6.07, 6.45) is 0.448. The summed E-state index contributed by atoms with van der Waals surface area (Å²) in [5.41, 5.74) is 13.0. The smallest absolute Gasteiger partial charge is 0.209 e. The summed E-state index contributed by atoms with van der Waals surface area (Å²) >= 11 is 0. The summed E-state index contributed by atoms with van der Waals surface area (Å²) < 4.78 is 21.3. The largest absolute Gasteiger partial charge is 0.397 e.